The average Bonchev–Trinajstić information content (AvgIpc) is 2.09. The van der Waals surface area contributed by atoms with E-state index in [4.69, 9.17) is 0 Å². The van der Waals surface area contributed by atoms with E-state index in [-0.39, 0.29) is 11.3 Å². The van der Waals surface area contributed by atoms with Gasteiger partial charge < -0.3 is 4.90 Å². The molecule has 0 amide bonds. The first-order chi connectivity index (χ1) is 6.91. The molecule has 0 saturated carbocycles. The van der Waals surface area contributed by atoms with Crippen molar-refractivity contribution in [2.75, 3.05) is 6.54 Å². The van der Waals surface area contributed by atoms with Crippen molar-refractivity contribution in [3.8, 4) is 0 Å². The monoisotopic (exact) mass is 221 g/mol. The van der Waals surface area contributed by atoms with Gasteiger partial charge in [-0.05, 0) is 18.6 Å². The van der Waals surface area contributed by atoms with Gasteiger partial charge in [0.2, 0.25) is 0 Å². The van der Waals surface area contributed by atoms with E-state index < -0.39 is 19.4 Å². The summed E-state index contributed by atoms with van der Waals surface area (Å²) in [6.07, 6.45) is -2.63. The van der Waals surface area contributed by atoms with E-state index in [1.54, 1.807) is 6.92 Å². The van der Waals surface area contributed by atoms with Crippen LogP contribution in [0.25, 0.3) is 0 Å². The maximum Gasteiger partial charge on any atom is 0.265 e. The van der Waals surface area contributed by atoms with Crippen LogP contribution in [0.1, 0.15) is 6.92 Å². The number of nitrogens with zero attached hydrogens (tertiary/aromatic N) is 1. The highest BCUT2D eigenvalue weighted by atomic mass is 19.3. The molecule has 0 aromatic carbocycles. The van der Waals surface area contributed by atoms with Crippen molar-refractivity contribution in [3.63, 3.8) is 0 Å². The van der Waals surface area contributed by atoms with Crippen molar-refractivity contribution in [2.24, 2.45) is 0 Å². The summed E-state index contributed by atoms with van der Waals surface area (Å²) in [6.45, 7) is 4.35. The second-order valence-electron chi connectivity index (χ2n) is 3.26. The van der Waals surface area contributed by atoms with Gasteiger partial charge in [0.1, 0.15) is 0 Å². The van der Waals surface area contributed by atoms with Gasteiger partial charge in [0.25, 0.3) is 12.9 Å². The van der Waals surface area contributed by atoms with E-state index in [0.29, 0.717) is 5.57 Å². The molecule has 0 fully saturated rings. The van der Waals surface area contributed by atoms with Crippen LogP contribution < -0.4 is 0 Å². The lowest BCUT2D eigenvalue weighted by atomic mass is 10.1. The molecule has 1 nitrogen and oxygen atoms in total. The minimum Gasteiger partial charge on any atom is -0.342 e. The Labute approximate surface area is 85.4 Å². The third-order valence-electron chi connectivity index (χ3n) is 1.99. The van der Waals surface area contributed by atoms with E-state index in [1.165, 1.54) is 12.3 Å². The normalized spacial score (nSPS) is 17.3. The lowest BCUT2D eigenvalue weighted by Crippen LogP contribution is -2.27. The van der Waals surface area contributed by atoms with Crippen LogP contribution >= 0.6 is 0 Å². The largest absolute Gasteiger partial charge is 0.342 e. The Kier molecular flexibility index (Phi) is 3.55. The molecule has 1 aliphatic heterocycles. The summed E-state index contributed by atoms with van der Waals surface area (Å²) in [5, 5.41) is 0. The van der Waals surface area contributed by atoms with Crippen LogP contribution in [0.15, 0.2) is 35.7 Å². The van der Waals surface area contributed by atoms with Gasteiger partial charge in [0, 0.05) is 17.5 Å². The molecule has 0 bridgehead atoms. The molecule has 84 valence electrons. The van der Waals surface area contributed by atoms with E-state index >= 15 is 0 Å². The third kappa shape index (κ3) is 2.84. The van der Waals surface area contributed by atoms with Crippen molar-refractivity contribution in [3.05, 3.63) is 35.7 Å². The van der Waals surface area contributed by atoms with E-state index in [1.807, 2.05) is 0 Å². The predicted molar refractivity (Wildman–Crippen MR) is 49.7 cm³/mol. The van der Waals surface area contributed by atoms with Crippen LogP contribution in [0.2, 0.25) is 0 Å². The minimum absolute atomic E-state index is 0.0594. The Morgan fingerprint density at radius 3 is 2.40 bits per heavy atom. The third-order valence-corrected chi connectivity index (χ3v) is 1.99. The van der Waals surface area contributed by atoms with Crippen molar-refractivity contribution in [1.29, 1.82) is 0 Å². The molecule has 0 spiro atoms. The minimum atomic E-state index is -2.69. The Balaban J connectivity index is 2.88. The highest BCUT2D eigenvalue weighted by Crippen LogP contribution is 2.27. The quantitative estimate of drug-likeness (QED) is 0.661. The number of rotatable bonds is 3. The highest BCUT2D eigenvalue weighted by Gasteiger charge is 2.23. The Hall–Kier alpha value is -1.26. The summed E-state index contributed by atoms with van der Waals surface area (Å²) >= 11 is 0. The lowest BCUT2D eigenvalue weighted by molar-refractivity contribution is 0.116. The van der Waals surface area contributed by atoms with Crippen LogP contribution in [-0.4, -0.2) is 24.3 Å². The zero-order valence-corrected chi connectivity index (χ0v) is 8.18. The summed E-state index contributed by atoms with van der Waals surface area (Å²) in [4.78, 5) is 1.06. The van der Waals surface area contributed by atoms with Gasteiger partial charge >= 0.3 is 0 Å². The fraction of sp³-hybridized carbons (Fsp3) is 0.400. The molecule has 15 heavy (non-hydrogen) atoms. The lowest BCUT2D eigenvalue weighted by Gasteiger charge is -2.28. The van der Waals surface area contributed by atoms with E-state index in [9.17, 15) is 17.6 Å². The SMILES string of the molecule is C=C1C(C(F)F)=CC(C)=CN1CC(F)F. The van der Waals surface area contributed by atoms with Gasteiger partial charge in [0.15, 0.2) is 0 Å². The Bertz CT molecular complexity index is 317. The fourth-order valence-corrected chi connectivity index (χ4v) is 1.36. The van der Waals surface area contributed by atoms with Crippen LogP contribution in [0.3, 0.4) is 0 Å². The van der Waals surface area contributed by atoms with Crippen molar-refractivity contribution < 1.29 is 17.6 Å². The standard InChI is InChI=1S/C10H11F4N/c1-6-3-8(10(13)14)7(2)15(4-6)5-9(11)12/h3-4,9-10H,2,5H2,1H3. The fourth-order valence-electron chi connectivity index (χ4n) is 1.36. The molecule has 0 aromatic rings. The summed E-state index contributed by atoms with van der Waals surface area (Å²) in [5.74, 6) is 0. The molecule has 0 aromatic heterocycles. The number of alkyl halides is 4. The highest BCUT2D eigenvalue weighted by molar-refractivity contribution is 5.41. The summed E-state index contributed by atoms with van der Waals surface area (Å²) in [5.41, 5.74) is 0.157. The molecule has 1 heterocycles. The van der Waals surface area contributed by atoms with Gasteiger partial charge in [0.05, 0.1) is 6.54 Å². The smallest absolute Gasteiger partial charge is 0.265 e. The zero-order chi connectivity index (χ0) is 11.6. The topological polar surface area (TPSA) is 3.24 Å². The Morgan fingerprint density at radius 1 is 1.33 bits per heavy atom. The van der Waals surface area contributed by atoms with E-state index in [0.717, 1.165) is 4.90 Å². The van der Waals surface area contributed by atoms with E-state index in [2.05, 4.69) is 6.58 Å². The van der Waals surface area contributed by atoms with Crippen molar-refractivity contribution in [2.45, 2.75) is 19.8 Å². The molecule has 0 saturated heterocycles. The molecule has 0 unspecified atom stereocenters. The summed E-state index contributed by atoms with van der Waals surface area (Å²) in [6, 6.07) is 0. The first kappa shape index (κ1) is 11.8. The van der Waals surface area contributed by atoms with Crippen molar-refractivity contribution in [1.82, 2.24) is 4.90 Å². The zero-order valence-electron chi connectivity index (χ0n) is 8.18. The number of halogens is 4. The maximum atomic E-state index is 12.5. The molecule has 0 aliphatic carbocycles. The Morgan fingerprint density at radius 2 is 1.93 bits per heavy atom. The number of hydrogen-bond acceptors (Lipinski definition) is 1. The summed E-state index contributed by atoms with van der Waals surface area (Å²) in [7, 11) is 0. The first-order valence-corrected chi connectivity index (χ1v) is 4.34. The second kappa shape index (κ2) is 4.51. The van der Waals surface area contributed by atoms with Crippen molar-refractivity contribution >= 4 is 0 Å². The van der Waals surface area contributed by atoms with Gasteiger partial charge in [-0.1, -0.05) is 6.58 Å². The van der Waals surface area contributed by atoms with Gasteiger partial charge in [-0.25, -0.2) is 17.6 Å². The van der Waals surface area contributed by atoms with Crippen LogP contribution in [0.4, 0.5) is 17.6 Å². The second-order valence-corrected chi connectivity index (χ2v) is 3.26. The molecular formula is C10H11F4N. The first-order valence-electron chi connectivity index (χ1n) is 4.34. The van der Waals surface area contributed by atoms with Gasteiger partial charge in [-0.15, -0.1) is 0 Å². The average molecular weight is 221 g/mol. The van der Waals surface area contributed by atoms with Crippen LogP contribution in [0, 0.1) is 0 Å². The molecule has 0 atom stereocenters. The number of hydrogen-bond donors (Lipinski definition) is 0. The molecule has 0 N–H and O–H groups in total. The molecule has 1 aliphatic rings. The predicted octanol–water partition coefficient (Wildman–Crippen LogP) is 3.18. The molecular weight excluding hydrogens is 210 g/mol. The molecule has 1 rings (SSSR count). The van der Waals surface area contributed by atoms with Gasteiger partial charge in [-0.2, -0.15) is 0 Å². The summed E-state index contributed by atoms with van der Waals surface area (Å²) < 4.78 is 49.2. The maximum absolute atomic E-state index is 12.5. The molecule has 0 radical (unpaired) electrons. The molecule has 5 heteroatoms. The van der Waals surface area contributed by atoms with Gasteiger partial charge in [-0.3, -0.25) is 0 Å². The van der Waals surface area contributed by atoms with Crippen LogP contribution in [0.5, 0.6) is 0 Å². The van der Waals surface area contributed by atoms with Crippen LogP contribution in [-0.2, 0) is 0 Å². The number of allylic oxidation sites excluding steroid dienone is 3.